The van der Waals surface area contributed by atoms with Crippen LogP contribution in [0, 0.1) is 0 Å². The van der Waals surface area contributed by atoms with Crippen molar-refractivity contribution >= 4 is 34.5 Å². The van der Waals surface area contributed by atoms with Crippen molar-refractivity contribution < 1.29 is 32.2 Å². The second-order valence-corrected chi connectivity index (χ2v) is 8.86. The van der Waals surface area contributed by atoms with E-state index in [4.69, 9.17) is 9.47 Å². The Balaban J connectivity index is 1.67. The van der Waals surface area contributed by atoms with Gasteiger partial charge < -0.3 is 14.2 Å². The predicted molar refractivity (Wildman–Crippen MR) is 136 cm³/mol. The maximum atomic E-state index is 12.6. The highest BCUT2D eigenvalue weighted by atomic mass is 32.2. The molecule has 0 bridgehead atoms. The first-order chi connectivity index (χ1) is 17.8. The lowest BCUT2D eigenvalue weighted by atomic mass is 10.1. The summed E-state index contributed by atoms with van der Waals surface area (Å²) in [6.45, 7) is 2.31. The average Bonchev–Trinajstić information content (AvgIpc) is 2.88. The van der Waals surface area contributed by atoms with E-state index in [1.54, 1.807) is 56.6 Å². The molecule has 0 aliphatic rings. The third-order valence-corrected chi connectivity index (χ3v) is 6.24. The summed E-state index contributed by atoms with van der Waals surface area (Å²) < 4.78 is 54.3. The van der Waals surface area contributed by atoms with Gasteiger partial charge >= 0.3 is 12.3 Å². The predicted octanol–water partition coefficient (Wildman–Crippen LogP) is 7.03. The fraction of sp³-hybridized carbons (Fsp3) is 0.185. The topological polar surface area (TPSA) is 60.9 Å². The lowest BCUT2D eigenvalue weighted by molar-refractivity contribution is -0.274. The fourth-order valence-electron chi connectivity index (χ4n) is 3.61. The lowest BCUT2D eigenvalue weighted by Gasteiger charge is -2.25. The SMILES string of the molecule is CCOC(=O)c1ccc(SN(Cc2ccc(OC(F)(F)F)cc2)c2ncc3ccccc3c2OC)cc1. The number of carbonyl (C=O) groups excluding carboxylic acids is 1. The molecule has 0 atom stereocenters. The van der Waals surface area contributed by atoms with Gasteiger partial charge in [-0.2, -0.15) is 0 Å². The van der Waals surface area contributed by atoms with Gasteiger partial charge in [-0.05, 0) is 60.8 Å². The van der Waals surface area contributed by atoms with Crippen molar-refractivity contribution in [2.24, 2.45) is 0 Å². The van der Waals surface area contributed by atoms with Crippen molar-refractivity contribution in [3.05, 3.63) is 90.1 Å². The molecule has 1 aromatic heterocycles. The first-order valence-corrected chi connectivity index (χ1v) is 12.0. The number of ether oxygens (including phenoxy) is 3. The number of carbonyl (C=O) groups is 1. The molecule has 1 heterocycles. The van der Waals surface area contributed by atoms with Gasteiger partial charge in [0.05, 0.1) is 25.8 Å². The van der Waals surface area contributed by atoms with Crippen LogP contribution in [0.25, 0.3) is 10.8 Å². The molecule has 3 aromatic carbocycles. The van der Waals surface area contributed by atoms with E-state index in [-0.39, 0.29) is 18.9 Å². The van der Waals surface area contributed by atoms with E-state index in [0.717, 1.165) is 21.2 Å². The van der Waals surface area contributed by atoms with Gasteiger partial charge in [-0.1, -0.05) is 36.4 Å². The number of esters is 1. The molecule has 0 radical (unpaired) electrons. The van der Waals surface area contributed by atoms with Gasteiger partial charge in [0.15, 0.2) is 11.6 Å². The molecular weight excluding hydrogens is 505 g/mol. The number of fused-ring (bicyclic) bond motifs is 1. The van der Waals surface area contributed by atoms with Gasteiger partial charge in [-0.15, -0.1) is 13.2 Å². The van der Waals surface area contributed by atoms with E-state index in [2.05, 4.69) is 9.72 Å². The zero-order valence-corrected chi connectivity index (χ0v) is 20.8. The molecule has 10 heteroatoms. The van der Waals surface area contributed by atoms with Crippen molar-refractivity contribution in [2.75, 3.05) is 18.0 Å². The Labute approximate surface area is 216 Å². The summed E-state index contributed by atoms with van der Waals surface area (Å²) in [6, 6.07) is 20.3. The minimum Gasteiger partial charge on any atom is -0.492 e. The number of methoxy groups -OCH3 is 1. The summed E-state index contributed by atoms with van der Waals surface area (Å²) in [5.74, 6) is 0.392. The molecule has 0 spiro atoms. The number of halogens is 3. The largest absolute Gasteiger partial charge is 0.573 e. The summed E-state index contributed by atoms with van der Waals surface area (Å²) in [5, 5.41) is 1.77. The Morgan fingerprint density at radius 3 is 2.35 bits per heavy atom. The summed E-state index contributed by atoms with van der Waals surface area (Å²) in [7, 11) is 1.56. The summed E-state index contributed by atoms with van der Waals surface area (Å²) in [4.78, 5) is 17.5. The van der Waals surface area contributed by atoms with Crippen LogP contribution in [0.4, 0.5) is 19.0 Å². The average molecular weight is 529 g/mol. The highest BCUT2D eigenvalue weighted by Crippen LogP contribution is 2.39. The second-order valence-electron chi connectivity index (χ2n) is 7.77. The molecule has 37 heavy (non-hydrogen) atoms. The molecule has 4 rings (SSSR count). The second kappa shape index (κ2) is 11.4. The number of anilines is 1. The Morgan fingerprint density at radius 1 is 1.00 bits per heavy atom. The van der Waals surface area contributed by atoms with Crippen LogP contribution < -0.4 is 13.8 Å². The maximum absolute atomic E-state index is 12.6. The smallest absolute Gasteiger partial charge is 0.492 e. The lowest BCUT2D eigenvalue weighted by Crippen LogP contribution is -2.18. The van der Waals surface area contributed by atoms with E-state index >= 15 is 0 Å². The molecule has 0 saturated heterocycles. The monoisotopic (exact) mass is 528 g/mol. The fourth-order valence-corrected chi connectivity index (χ4v) is 4.55. The number of nitrogens with zero attached hydrogens (tertiary/aromatic N) is 2. The van der Waals surface area contributed by atoms with Crippen molar-refractivity contribution in [3.8, 4) is 11.5 Å². The van der Waals surface area contributed by atoms with E-state index in [9.17, 15) is 18.0 Å². The molecule has 192 valence electrons. The maximum Gasteiger partial charge on any atom is 0.573 e. The first kappa shape index (κ1) is 26.2. The van der Waals surface area contributed by atoms with Crippen molar-refractivity contribution in [1.29, 1.82) is 0 Å². The molecule has 6 nitrogen and oxygen atoms in total. The van der Waals surface area contributed by atoms with Crippen LogP contribution in [0.3, 0.4) is 0 Å². The molecular formula is C27H23F3N2O4S. The third-order valence-electron chi connectivity index (χ3n) is 5.24. The first-order valence-electron chi connectivity index (χ1n) is 11.3. The Bertz CT molecular complexity index is 1360. The molecule has 0 unspecified atom stereocenters. The quantitative estimate of drug-likeness (QED) is 0.171. The standard InChI is InChI=1S/C27H23F3N2O4S/c1-3-35-26(33)19-10-14-22(15-11-19)37-32(17-18-8-12-21(13-9-18)36-27(28,29)30)25-24(34-2)23-7-5-4-6-20(23)16-31-25/h4-16H,3,17H2,1-2H3. The number of hydrogen-bond acceptors (Lipinski definition) is 7. The van der Waals surface area contributed by atoms with Gasteiger partial charge in [0.1, 0.15) is 5.75 Å². The third kappa shape index (κ3) is 6.65. The van der Waals surface area contributed by atoms with E-state index in [1.165, 1.54) is 24.1 Å². The van der Waals surface area contributed by atoms with Gasteiger partial charge in [0, 0.05) is 21.9 Å². The molecule has 0 aliphatic heterocycles. The highest BCUT2D eigenvalue weighted by molar-refractivity contribution is 8.00. The number of benzene rings is 3. The van der Waals surface area contributed by atoms with E-state index in [0.29, 0.717) is 17.1 Å². The minimum atomic E-state index is -4.76. The zero-order chi connectivity index (χ0) is 26.4. The molecule has 0 fully saturated rings. The van der Waals surface area contributed by atoms with Crippen LogP contribution in [0.2, 0.25) is 0 Å². The number of aromatic nitrogens is 1. The van der Waals surface area contributed by atoms with Crippen LogP contribution >= 0.6 is 11.9 Å². The highest BCUT2D eigenvalue weighted by Gasteiger charge is 2.31. The number of pyridine rings is 1. The summed E-state index contributed by atoms with van der Waals surface area (Å²) in [6.07, 6.45) is -3.02. The molecule has 0 aliphatic carbocycles. The Morgan fingerprint density at radius 2 is 1.70 bits per heavy atom. The Kier molecular flexibility index (Phi) is 8.08. The van der Waals surface area contributed by atoms with Gasteiger partial charge in [-0.3, -0.25) is 4.31 Å². The van der Waals surface area contributed by atoms with Crippen molar-refractivity contribution in [3.63, 3.8) is 0 Å². The molecule has 0 saturated carbocycles. The van der Waals surface area contributed by atoms with E-state index < -0.39 is 12.3 Å². The van der Waals surface area contributed by atoms with Crippen molar-refractivity contribution in [2.45, 2.75) is 24.7 Å². The van der Waals surface area contributed by atoms with Gasteiger partial charge in [0.25, 0.3) is 0 Å². The van der Waals surface area contributed by atoms with Crippen LogP contribution in [-0.2, 0) is 11.3 Å². The Hall–Kier alpha value is -3.92. The van der Waals surface area contributed by atoms with Crippen molar-refractivity contribution in [1.82, 2.24) is 4.98 Å². The summed E-state index contributed by atoms with van der Waals surface area (Å²) in [5.41, 5.74) is 1.15. The molecule has 0 N–H and O–H groups in total. The zero-order valence-electron chi connectivity index (χ0n) is 20.0. The summed E-state index contributed by atoms with van der Waals surface area (Å²) >= 11 is 1.35. The number of alkyl halides is 3. The van der Waals surface area contributed by atoms with Crippen LogP contribution in [0.5, 0.6) is 11.5 Å². The van der Waals surface area contributed by atoms with E-state index in [1.807, 2.05) is 28.6 Å². The molecule has 0 amide bonds. The van der Waals surface area contributed by atoms with Crippen LogP contribution in [0.15, 0.2) is 83.9 Å². The number of hydrogen-bond donors (Lipinski definition) is 0. The van der Waals surface area contributed by atoms with Gasteiger partial charge in [-0.25, -0.2) is 9.78 Å². The minimum absolute atomic E-state index is 0.281. The number of rotatable bonds is 9. The van der Waals surface area contributed by atoms with Crippen LogP contribution in [-0.4, -0.2) is 31.0 Å². The molecule has 4 aromatic rings. The van der Waals surface area contributed by atoms with Gasteiger partial charge in [0.2, 0.25) is 0 Å². The van der Waals surface area contributed by atoms with Crippen LogP contribution in [0.1, 0.15) is 22.8 Å². The normalized spacial score (nSPS) is 11.3.